The highest BCUT2D eigenvalue weighted by Crippen LogP contribution is 2.58. The number of anilines is 3. The van der Waals surface area contributed by atoms with Crippen molar-refractivity contribution >= 4 is 71.6 Å². The van der Waals surface area contributed by atoms with Gasteiger partial charge in [0, 0.05) is 38.6 Å². The highest BCUT2D eigenvalue weighted by molar-refractivity contribution is 6.23. The van der Waals surface area contributed by atoms with Gasteiger partial charge in [-0.25, -0.2) is 0 Å². The molecule has 0 saturated carbocycles. The summed E-state index contributed by atoms with van der Waals surface area (Å²) in [6, 6.07) is 102. The summed E-state index contributed by atoms with van der Waals surface area (Å²) in [6.07, 6.45) is 0. The first kappa shape index (κ1) is 42.0. The van der Waals surface area contributed by atoms with E-state index in [-0.39, 0.29) is 0 Å². The highest BCUT2D eigenvalue weighted by atomic mass is 16.3. The normalized spacial score (nSPS) is 12.7. The summed E-state index contributed by atoms with van der Waals surface area (Å²) in [5.74, 6) is 0. The van der Waals surface area contributed by atoms with Gasteiger partial charge in [0.15, 0.2) is 5.58 Å². The Kier molecular flexibility index (Phi) is 9.48. The number of hydrogen-bond acceptors (Lipinski definition) is 2. The molecule has 0 radical (unpaired) electrons. The number of hydrogen-bond donors (Lipinski definition) is 0. The molecule has 2 aromatic heterocycles. The Hall–Kier alpha value is -9.70. The van der Waals surface area contributed by atoms with Crippen LogP contribution in [0.5, 0.6) is 0 Å². The quantitative estimate of drug-likeness (QED) is 0.151. The Bertz CT molecular complexity index is 4360. The van der Waals surface area contributed by atoms with Gasteiger partial charge in [-0.15, -0.1) is 0 Å². The second kappa shape index (κ2) is 16.7. The summed E-state index contributed by atoms with van der Waals surface area (Å²) in [7, 11) is 0. The average Bonchev–Trinajstić information content (AvgIpc) is 4.20. The van der Waals surface area contributed by atoms with Gasteiger partial charge < -0.3 is 13.9 Å². The second-order valence-corrected chi connectivity index (χ2v) is 19.6. The van der Waals surface area contributed by atoms with E-state index in [0.717, 1.165) is 61.2 Å². The molecule has 1 aliphatic rings. The minimum atomic E-state index is -0.557. The van der Waals surface area contributed by atoms with Gasteiger partial charge in [-0.1, -0.05) is 218 Å². The first-order valence-corrected chi connectivity index (χ1v) is 25.5. The Morgan fingerprint density at radius 3 is 1.49 bits per heavy atom. The van der Waals surface area contributed by atoms with Crippen molar-refractivity contribution < 1.29 is 4.42 Å². The predicted molar refractivity (Wildman–Crippen MR) is 308 cm³/mol. The Morgan fingerprint density at radius 2 is 0.838 bits per heavy atom. The van der Waals surface area contributed by atoms with Gasteiger partial charge in [0.05, 0.1) is 22.1 Å². The zero-order chi connectivity index (χ0) is 48.7. The van der Waals surface area contributed by atoms with E-state index in [1.54, 1.807) is 0 Å². The van der Waals surface area contributed by atoms with Gasteiger partial charge in [0.1, 0.15) is 5.58 Å². The Balaban J connectivity index is 0.858. The van der Waals surface area contributed by atoms with Crippen molar-refractivity contribution in [3.05, 3.63) is 301 Å². The van der Waals surface area contributed by atoms with Crippen LogP contribution in [0.3, 0.4) is 0 Å². The van der Waals surface area contributed by atoms with Crippen LogP contribution in [0.15, 0.2) is 283 Å². The molecule has 2 heterocycles. The molecule has 14 aromatic rings. The molecule has 3 heteroatoms. The topological polar surface area (TPSA) is 21.3 Å². The molecule has 15 rings (SSSR count). The van der Waals surface area contributed by atoms with Crippen LogP contribution in [0.25, 0.3) is 93.6 Å². The molecule has 12 aromatic carbocycles. The molecule has 3 nitrogen and oxygen atoms in total. The summed E-state index contributed by atoms with van der Waals surface area (Å²) >= 11 is 0. The largest absolute Gasteiger partial charge is 0.454 e. The second-order valence-electron chi connectivity index (χ2n) is 19.6. The Morgan fingerprint density at radius 1 is 0.351 bits per heavy atom. The molecule has 0 atom stereocenters. The van der Waals surface area contributed by atoms with Crippen molar-refractivity contribution in [3.8, 4) is 39.1 Å². The van der Waals surface area contributed by atoms with Crippen LogP contribution in [0.1, 0.15) is 22.3 Å². The van der Waals surface area contributed by atoms with E-state index in [9.17, 15) is 0 Å². The van der Waals surface area contributed by atoms with Crippen molar-refractivity contribution in [2.24, 2.45) is 0 Å². The van der Waals surface area contributed by atoms with E-state index in [1.165, 1.54) is 71.7 Å². The Labute approximate surface area is 429 Å². The van der Waals surface area contributed by atoms with Gasteiger partial charge in [-0.2, -0.15) is 0 Å². The molecule has 0 spiro atoms. The maximum Gasteiger partial charge on any atom is 0.160 e. The molecule has 0 unspecified atom stereocenters. The minimum Gasteiger partial charge on any atom is -0.454 e. The maximum atomic E-state index is 7.00. The third kappa shape index (κ3) is 6.33. The van der Waals surface area contributed by atoms with Crippen LogP contribution in [0, 0.1) is 0 Å². The average molecular weight is 943 g/mol. The lowest BCUT2D eigenvalue weighted by Gasteiger charge is -2.35. The summed E-state index contributed by atoms with van der Waals surface area (Å²) < 4.78 is 9.36. The standard InChI is InChI=1S/C71H46N2O/c1-3-18-52(19-4-1)71(53-20-5-2-6-21-53)63-27-13-9-23-58(63)59-44-43-56(46-64(59)71)72(67-45-51-17-7-8-22-57(51)69-62-26-12-16-30-68(62)74-70(67)69)54-39-35-49(36-40-54)47-31-33-48(34-32-47)50-37-41-55(42-38-50)73-65-28-14-10-24-60(65)61-25-11-15-29-66(61)73/h1-46H. The minimum absolute atomic E-state index is 0.557. The molecule has 0 fully saturated rings. The van der Waals surface area contributed by atoms with Crippen molar-refractivity contribution in [2.45, 2.75) is 5.41 Å². The number of rotatable bonds is 8. The van der Waals surface area contributed by atoms with Gasteiger partial charge in [-0.05, 0) is 127 Å². The van der Waals surface area contributed by atoms with Crippen LogP contribution in [0.2, 0.25) is 0 Å². The molecule has 346 valence electrons. The summed E-state index contributed by atoms with van der Waals surface area (Å²) in [4.78, 5) is 2.41. The van der Waals surface area contributed by atoms with E-state index in [2.05, 4.69) is 289 Å². The van der Waals surface area contributed by atoms with Crippen molar-refractivity contribution in [2.75, 3.05) is 4.90 Å². The van der Waals surface area contributed by atoms with Crippen LogP contribution >= 0.6 is 0 Å². The summed E-state index contributed by atoms with van der Waals surface area (Å²) in [6.45, 7) is 0. The number of para-hydroxylation sites is 3. The number of nitrogens with zero attached hydrogens (tertiary/aromatic N) is 2. The molecular formula is C71H46N2O. The molecule has 0 amide bonds. The number of benzene rings is 12. The van der Waals surface area contributed by atoms with Gasteiger partial charge in [-0.3, -0.25) is 0 Å². The van der Waals surface area contributed by atoms with Crippen LogP contribution < -0.4 is 4.90 Å². The predicted octanol–water partition coefficient (Wildman–Crippen LogP) is 19.0. The maximum absolute atomic E-state index is 7.00. The highest BCUT2D eigenvalue weighted by Gasteiger charge is 2.46. The third-order valence-electron chi connectivity index (χ3n) is 15.7. The van der Waals surface area contributed by atoms with E-state index < -0.39 is 5.41 Å². The number of fused-ring (bicyclic) bond motifs is 11. The fraction of sp³-hybridized carbons (Fsp3) is 0.0141. The van der Waals surface area contributed by atoms with E-state index in [0.29, 0.717) is 0 Å². The van der Waals surface area contributed by atoms with Crippen molar-refractivity contribution in [3.63, 3.8) is 0 Å². The van der Waals surface area contributed by atoms with Crippen LogP contribution in [-0.4, -0.2) is 4.57 Å². The van der Waals surface area contributed by atoms with E-state index in [1.807, 2.05) is 0 Å². The first-order chi connectivity index (χ1) is 36.7. The summed E-state index contributed by atoms with van der Waals surface area (Å²) in [5.41, 5.74) is 20.0. The molecule has 74 heavy (non-hydrogen) atoms. The number of furan rings is 1. The third-order valence-corrected chi connectivity index (χ3v) is 15.7. The molecule has 0 saturated heterocycles. The molecular weight excluding hydrogens is 897 g/mol. The summed E-state index contributed by atoms with van der Waals surface area (Å²) in [5, 5.41) is 7.09. The lowest BCUT2D eigenvalue weighted by atomic mass is 9.67. The SMILES string of the molecule is c1ccc(C2(c3ccccc3)c3ccccc3-c3ccc(N(c4ccc(-c5ccc(-c6ccc(-n7c8ccccc8c8ccccc87)cc6)cc5)cc4)c4cc5ccccc5c5c4oc4ccccc45)cc32)cc1. The van der Waals surface area contributed by atoms with Crippen molar-refractivity contribution in [1.29, 1.82) is 0 Å². The van der Waals surface area contributed by atoms with Gasteiger partial charge in [0.25, 0.3) is 0 Å². The van der Waals surface area contributed by atoms with Gasteiger partial charge in [0.2, 0.25) is 0 Å². The fourth-order valence-corrected chi connectivity index (χ4v) is 12.4. The van der Waals surface area contributed by atoms with Crippen LogP contribution in [0.4, 0.5) is 17.1 Å². The molecule has 1 aliphatic carbocycles. The smallest absolute Gasteiger partial charge is 0.160 e. The number of aromatic nitrogens is 1. The molecule has 0 bridgehead atoms. The lowest BCUT2D eigenvalue weighted by Crippen LogP contribution is -2.28. The lowest BCUT2D eigenvalue weighted by molar-refractivity contribution is 0.669. The van der Waals surface area contributed by atoms with E-state index in [4.69, 9.17) is 4.42 Å². The zero-order valence-electron chi connectivity index (χ0n) is 40.4. The van der Waals surface area contributed by atoms with Gasteiger partial charge >= 0.3 is 0 Å². The fourth-order valence-electron chi connectivity index (χ4n) is 12.4. The molecule has 0 aliphatic heterocycles. The monoisotopic (exact) mass is 942 g/mol. The first-order valence-electron chi connectivity index (χ1n) is 25.5. The van der Waals surface area contributed by atoms with Crippen molar-refractivity contribution in [1.82, 2.24) is 4.57 Å². The van der Waals surface area contributed by atoms with Crippen LogP contribution in [-0.2, 0) is 5.41 Å². The molecule has 0 N–H and O–H groups in total. The van der Waals surface area contributed by atoms with E-state index >= 15 is 0 Å². The zero-order valence-corrected chi connectivity index (χ0v) is 40.4.